The maximum Gasteiger partial charge on any atom is 0.382 e. The normalized spacial score (nSPS) is 11.5. The van der Waals surface area contributed by atoms with Crippen LogP contribution in [0.25, 0.3) is 0 Å². The van der Waals surface area contributed by atoms with Crippen molar-refractivity contribution < 1.29 is 12.6 Å². The summed E-state index contributed by atoms with van der Waals surface area (Å²) < 4.78 is 28.7. The molecule has 0 aromatic heterocycles. The monoisotopic (exact) mass is 328 g/mol. The molecule has 0 aliphatic carbocycles. The van der Waals surface area contributed by atoms with Crippen LogP contribution in [-0.4, -0.2) is 8.42 Å². The predicted molar refractivity (Wildman–Crippen MR) is 92.7 cm³/mol. The Bertz CT molecular complexity index is 829. The van der Waals surface area contributed by atoms with Gasteiger partial charge in [0.2, 0.25) is 0 Å². The third-order valence-corrected chi connectivity index (χ3v) is 4.06. The molecule has 120 valence electrons. The summed E-state index contributed by atoms with van der Waals surface area (Å²) in [4.78, 5) is 0. The Balaban J connectivity index is 2.15. The fraction of sp³-hybridized carbons (Fsp3) is 0.263. The van der Waals surface area contributed by atoms with Crippen LogP contribution in [0.4, 0.5) is 0 Å². The van der Waals surface area contributed by atoms with Gasteiger partial charge in [0.15, 0.2) is 0 Å². The molecule has 0 saturated heterocycles. The summed E-state index contributed by atoms with van der Waals surface area (Å²) in [7, 11) is -3.95. The van der Waals surface area contributed by atoms with Crippen molar-refractivity contribution in [1.82, 2.24) is 0 Å². The lowest BCUT2D eigenvalue weighted by Crippen LogP contribution is -2.10. The summed E-state index contributed by atoms with van der Waals surface area (Å²) in [5, 5.41) is 2.20. The van der Waals surface area contributed by atoms with Crippen molar-refractivity contribution in [2.75, 3.05) is 0 Å². The lowest BCUT2D eigenvalue weighted by Gasteiger charge is -2.18. The highest BCUT2D eigenvalue weighted by molar-refractivity contribution is 7.91. The molecule has 4 heteroatoms. The molecule has 0 aliphatic heterocycles. The molecule has 0 fully saturated rings. The zero-order valence-corrected chi connectivity index (χ0v) is 14.6. The number of hydrogen-bond acceptors (Lipinski definition) is 3. The molecular weight excluding hydrogens is 308 g/mol. The van der Waals surface area contributed by atoms with Crippen LogP contribution in [0, 0.1) is 18.1 Å². The Morgan fingerprint density at radius 1 is 0.913 bits per heavy atom. The summed E-state index contributed by atoms with van der Waals surface area (Å²) in [5.41, 5.74) is 2.88. The first-order valence-corrected chi connectivity index (χ1v) is 8.71. The van der Waals surface area contributed by atoms with E-state index in [2.05, 4.69) is 31.9 Å². The van der Waals surface area contributed by atoms with Gasteiger partial charge in [0.1, 0.15) is 5.75 Å². The topological polar surface area (TPSA) is 43.4 Å². The lowest BCUT2D eigenvalue weighted by atomic mass is 9.87. The molecule has 0 amide bonds. The molecule has 0 saturated carbocycles. The van der Waals surface area contributed by atoms with Crippen LogP contribution in [0.15, 0.2) is 48.5 Å². The van der Waals surface area contributed by atoms with Gasteiger partial charge in [-0.05, 0) is 48.1 Å². The minimum atomic E-state index is -3.95. The van der Waals surface area contributed by atoms with E-state index in [0.29, 0.717) is 5.56 Å². The van der Waals surface area contributed by atoms with E-state index >= 15 is 0 Å². The molecule has 0 atom stereocenters. The van der Waals surface area contributed by atoms with E-state index in [1.165, 1.54) is 5.56 Å². The molecule has 23 heavy (non-hydrogen) atoms. The zero-order valence-electron chi connectivity index (χ0n) is 13.8. The average Bonchev–Trinajstić information content (AvgIpc) is 2.47. The van der Waals surface area contributed by atoms with Gasteiger partial charge in [-0.15, -0.1) is 0 Å². The van der Waals surface area contributed by atoms with Gasteiger partial charge < -0.3 is 4.18 Å². The summed E-state index contributed by atoms with van der Waals surface area (Å²) in [5.74, 6) is 2.89. The highest BCUT2D eigenvalue weighted by Gasteiger charge is 2.12. The Morgan fingerprint density at radius 3 is 2.00 bits per heavy atom. The number of benzene rings is 2. The summed E-state index contributed by atoms with van der Waals surface area (Å²) in [6.07, 6.45) is 0. The second kappa shape index (κ2) is 6.47. The molecule has 3 nitrogen and oxygen atoms in total. The highest BCUT2D eigenvalue weighted by atomic mass is 32.2. The van der Waals surface area contributed by atoms with Gasteiger partial charge in [0.25, 0.3) is 0 Å². The van der Waals surface area contributed by atoms with Crippen molar-refractivity contribution in [2.45, 2.75) is 33.1 Å². The first-order valence-electron chi connectivity index (χ1n) is 7.30. The second-order valence-electron chi connectivity index (χ2n) is 6.40. The van der Waals surface area contributed by atoms with Crippen LogP contribution in [-0.2, 0) is 15.5 Å². The second-order valence-corrected chi connectivity index (χ2v) is 7.68. The Morgan fingerprint density at radius 2 is 1.48 bits per heavy atom. The Labute approximate surface area is 138 Å². The van der Waals surface area contributed by atoms with Crippen molar-refractivity contribution in [3.05, 3.63) is 65.2 Å². The summed E-state index contributed by atoms with van der Waals surface area (Å²) in [6, 6.07) is 14.3. The molecule has 0 radical (unpaired) electrons. The molecular formula is C19H20O3S. The van der Waals surface area contributed by atoms with Gasteiger partial charge in [-0.1, -0.05) is 50.6 Å². The maximum atomic E-state index is 11.9. The van der Waals surface area contributed by atoms with Gasteiger partial charge in [-0.2, -0.15) is 8.42 Å². The quantitative estimate of drug-likeness (QED) is 0.618. The smallest absolute Gasteiger partial charge is 0.373 e. The number of aryl methyl sites for hydroxylation is 1. The minimum Gasteiger partial charge on any atom is -0.373 e. The summed E-state index contributed by atoms with van der Waals surface area (Å²) in [6.45, 7) is 8.27. The lowest BCUT2D eigenvalue weighted by molar-refractivity contribution is 0.498. The van der Waals surface area contributed by atoms with Crippen molar-refractivity contribution in [3.8, 4) is 16.9 Å². The van der Waals surface area contributed by atoms with Crippen LogP contribution in [0.3, 0.4) is 0 Å². The first kappa shape index (κ1) is 17.1. The minimum absolute atomic E-state index is 0.0482. The van der Waals surface area contributed by atoms with Gasteiger partial charge in [-0.3, -0.25) is 0 Å². The van der Waals surface area contributed by atoms with E-state index in [0.717, 1.165) is 5.56 Å². The van der Waals surface area contributed by atoms with Crippen LogP contribution in [0.2, 0.25) is 0 Å². The van der Waals surface area contributed by atoms with E-state index < -0.39 is 10.1 Å². The molecule has 2 aromatic rings. The highest BCUT2D eigenvalue weighted by Crippen LogP contribution is 2.22. The fourth-order valence-electron chi connectivity index (χ4n) is 1.92. The molecule has 0 unspecified atom stereocenters. The van der Waals surface area contributed by atoms with Gasteiger partial charge in [-0.25, -0.2) is 0 Å². The molecule has 0 bridgehead atoms. The molecule has 0 N–H and O–H groups in total. The molecule has 0 heterocycles. The van der Waals surface area contributed by atoms with Crippen LogP contribution in [0.5, 0.6) is 5.75 Å². The van der Waals surface area contributed by atoms with E-state index in [4.69, 9.17) is 4.18 Å². The van der Waals surface area contributed by atoms with Crippen LogP contribution < -0.4 is 4.18 Å². The third-order valence-electron chi connectivity index (χ3n) is 3.30. The molecule has 2 rings (SSSR count). The van der Waals surface area contributed by atoms with Crippen molar-refractivity contribution in [3.63, 3.8) is 0 Å². The molecule has 2 aromatic carbocycles. The summed E-state index contributed by atoms with van der Waals surface area (Å²) >= 11 is 0. The van der Waals surface area contributed by atoms with Crippen molar-refractivity contribution >= 4 is 10.1 Å². The van der Waals surface area contributed by atoms with Gasteiger partial charge >= 0.3 is 10.1 Å². The van der Waals surface area contributed by atoms with E-state index in [1.807, 2.05) is 31.2 Å². The Kier molecular flexibility index (Phi) is 4.82. The van der Waals surface area contributed by atoms with Gasteiger partial charge in [0.05, 0.1) is 5.25 Å². The van der Waals surface area contributed by atoms with Crippen molar-refractivity contribution in [1.29, 1.82) is 0 Å². The molecule has 0 spiro atoms. The number of rotatable bonds is 2. The zero-order chi connectivity index (χ0) is 17.1. The average molecular weight is 328 g/mol. The van der Waals surface area contributed by atoms with Crippen molar-refractivity contribution in [2.24, 2.45) is 0 Å². The van der Waals surface area contributed by atoms with Gasteiger partial charge in [0, 0.05) is 5.56 Å². The third kappa shape index (κ3) is 5.15. The largest absolute Gasteiger partial charge is 0.382 e. The van der Waals surface area contributed by atoms with E-state index in [9.17, 15) is 8.42 Å². The van der Waals surface area contributed by atoms with E-state index in [1.54, 1.807) is 24.3 Å². The number of hydrogen-bond donors (Lipinski definition) is 0. The fourth-order valence-corrected chi connectivity index (χ4v) is 2.57. The first-order chi connectivity index (χ1) is 10.7. The van der Waals surface area contributed by atoms with Crippen LogP contribution in [0.1, 0.15) is 37.5 Å². The molecule has 0 aliphatic rings. The van der Waals surface area contributed by atoms with E-state index in [-0.39, 0.29) is 11.2 Å². The Hall–Kier alpha value is -2.25. The standard InChI is InChI=1S/C19H20O3S/c1-15-5-11-18(12-6-15)22-23(20,21)14-13-16-7-9-17(10-8-16)19(2,3)4/h5-12H,1-4H3. The van der Waals surface area contributed by atoms with Crippen LogP contribution >= 0.6 is 0 Å². The maximum absolute atomic E-state index is 11.9. The predicted octanol–water partition coefficient (Wildman–Crippen LogP) is 4.01. The SMILES string of the molecule is Cc1ccc(OS(=O)(=O)C#Cc2ccc(C(C)(C)C)cc2)cc1.